The van der Waals surface area contributed by atoms with E-state index < -0.39 is 0 Å². The molecule has 5 heteroatoms. The predicted octanol–water partition coefficient (Wildman–Crippen LogP) is 1.26. The SMILES string of the molecule is N[C@@H]1CCC[C@H]1CC(=O)NCC(=O)Nc1ccccc1. The first-order valence-electron chi connectivity index (χ1n) is 7.02. The van der Waals surface area contributed by atoms with Gasteiger partial charge in [0, 0.05) is 18.2 Å². The van der Waals surface area contributed by atoms with E-state index in [9.17, 15) is 9.59 Å². The molecule has 1 aromatic rings. The van der Waals surface area contributed by atoms with Gasteiger partial charge in [-0.2, -0.15) is 0 Å². The number of para-hydroxylation sites is 1. The third-order valence-electron chi connectivity index (χ3n) is 3.67. The van der Waals surface area contributed by atoms with Crippen molar-refractivity contribution in [2.45, 2.75) is 31.7 Å². The topological polar surface area (TPSA) is 84.2 Å². The number of anilines is 1. The van der Waals surface area contributed by atoms with E-state index in [2.05, 4.69) is 10.6 Å². The summed E-state index contributed by atoms with van der Waals surface area (Å²) in [5.41, 5.74) is 6.65. The minimum Gasteiger partial charge on any atom is -0.347 e. The van der Waals surface area contributed by atoms with E-state index in [-0.39, 0.29) is 30.3 Å². The monoisotopic (exact) mass is 275 g/mol. The van der Waals surface area contributed by atoms with E-state index in [0.717, 1.165) is 24.9 Å². The largest absolute Gasteiger partial charge is 0.347 e. The minimum absolute atomic E-state index is 0.00428. The summed E-state index contributed by atoms with van der Waals surface area (Å²) in [6.07, 6.45) is 3.50. The summed E-state index contributed by atoms with van der Waals surface area (Å²) in [7, 11) is 0. The van der Waals surface area contributed by atoms with Gasteiger partial charge in [0.25, 0.3) is 0 Å². The molecule has 20 heavy (non-hydrogen) atoms. The third-order valence-corrected chi connectivity index (χ3v) is 3.67. The Morgan fingerprint density at radius 1 is 1.15 bits per heavy atom. The molecule has 2 amide bonds. The van der Waals surface area contributed by atoms with Gasteiger partial charge in [-0.1, -0.05) is 24.6 Å². The highest BCUT2D eigenvalue weighted by Gasteiger charge is 2.25. The van der Waals surface area contributed by atoms with Crippen molar-refractivity contribution in [2.24, 2.45) is 11.7 Å². The number of carbonyl (C=O) groups is 2. The number of rotatable bonds is 5. The molecule has 0 unspecified atom stereocenters. The molecule has 0 saturated heterocycles. The molecule has 4 N–H and O–H groups in total. The van der Waals surface area contributed by atoms with E-state index in [1.165, 1.54) is 0 Å². The molecule has 1 aromatic carbocycles. The maximum atomic E-state index is 11.8. The molecular weight excluding hydrogens is 254 g/mol. The second-order valence-corrected chi connectivity index (χ2v) is 5.25. The van der Waals surface area contributed by atoms with Crippen molar-refractivity contribution in [1.82, 2.24) is 5.32 Å². The highest BCUT2D eigenvalue weighted by molar-refractivity contribution is 5.94. The number of benzene rings is 1. The molecule has 2 rings (SSSR count). The Hall–Kier alpha value is -1.88. The smallest absolute Gasteiger partial charge is 0.243 e. The quantitative estimate of drug-likeness (QED) is 0.756. The lowest BCUT2D eigenvalue weighted by molar-refractivity contribution is -0.124. The highest BCUT2D eigenvalue weighted by atomic mass is 16.2. The lowest BCUT2D eigenvalue weighted by atomic mass is 10.00. The Morgan fingerprint density at radius 2 is 1.90 bits per heavy atom. The van der Waals surface area contributed by atoms with Crippen LogP contribution < -0.4 is 16.4 Å². The maximum absolute atomic E-state index is 11.8. The molecule has 1 aliphatic rings. The van der Waals surface area contributed by atoms with Crippen molar-refractivity contribution in [3.05, 3.63) is 30.3 Å². The van der Waals surface area contributed by atoms with E-state index in [4.69, 9.17) is 5.73 Å². The maximum Gasteiger partial charge on any atom is 0.243 e. The van der Waals surface area contributed by atoms with Crippen molar-refractivity contribution in [3.8, 4) is 0 Å². The van der Waals surface area contributed by atoms with Crippen LogP contribution in [0, 0.1) is 5.92 Å². The molecule has 0 aliphatic heterocycles. The fourth-order valence-corrected chi connectivity index (χ4v) is 2.53. The second kappa shape index (κ2) is 7.05. The molecule has 108 valence electrons. The zero-order valence-corrected chi connectivity index (χ0v) is 11.5. The fraction of sp³-hybridized carbons (Fsp3) is 0.467. The Bertz CT molecular complexity index is 461. The number of nitrogens with two attached hydrogens (primary N) is 1. The molecule has 0 aromatic heterocycles. The first kappa shape index (κ1) is 14.5. The van der Waals surface area contributed by atoms with E-state index >= 15 is 0 Å². The summed E-state index contributed by atoms with van der Waals surface area (Å²) in [6.45, 7) is -0.00428. The van der Waals surface area contributed by atoms with Crippen LogP contribution in [0.3, 0.4) is 0 Å². The number of hydrogen-bond acceptors (Lipinski definition) is 3. The van der Waals surface area contributed by atoms with Crippen LogP contribution in [0.2, 0.25) is 0 Å². The van der Waals surface area contributed by atoms with Crippen molar-refractivity contribution >= 4 is 17.5 Å². The van der Waals surface area contributed by atoms with Gasteiger partial charge in [0.05, 0.1) is 6.54 Å². The molecular formula is C15H21N3O2. The number of carbonyl (C=O) groups excluding carboxylic acids is 2. The summed E-state index contributed by atoms with van der Waals surface area (Å²) in [5, 5.41) is 5.36. The average Bonchev–Trinajstić information content (AvgIpc) is 2.83. The van der Waals surface area contributed by atoms with Crippen LogP contribution in [0.4, 0.5) is 5.69 Å². The van der Waals surface area contributed by atoms with Gasteiger partial charge in [-0.25, -0.2) is 0 Å². The van der Waals surface area contributed by atoms with Gasteiger partial charge in [0.15, 0.2) is 0 Å². The van der Waals surface area contributed by atoms with Gasteiger partial charge >= 0.3 is 0 Å². The first-order valence-corrected chi connectivity index (χ1v) is 7.02. The van der Waals surface area contributed by atoms with Gasteiger partial charge in [-0.15, -0.1) is 0 Å². The van der Waals surface area contributed by atoms with Gasteiger partial charge in [0.1, 0.15) is 0 Å². The van der Waals surface area contributed by atoms with E-state index in [0.29, 0.717) is 6.42 Å². The van der Waals surface area contributed by atoms with Gasteiger partial charge in [-0.05, 0) is 30.9 Å². The van der Waals surface area contributed by atoms with Crippen molar-refractivity contribution in [1.29, 1.82) is 0 Å². The van der Waals surface area contributed by atoms with Gasteiger partial charge < -0.3 is 16.4 Å². The van der Waals surface area contributed by atoms with Gasteiger partial charge in [-0.3, -0.25) is 9.59 Å². The zero-order valence-electron chi connectivity index (χ0n) is 11.5. The van der Waals surface area contributed by atoms with E-state index in [1.54, 1.807) is 12.1 Å². The summed E-state index contributed by atoms with van der Waals surface area (Å²) in [6, 6.07) is 9.29. The summed E-state index contributed by atoms with van der Waals surface area (Å²) in [5.74, 6) is -0.0667. The summed E-state index contributed by atoms with van der Waals surface area (Å²) in [4.78, 5) is 23.4. The van der Waals surface area contributed by atoms with Crippen LogP contribution >= 0.6 is 0 Å². The highest BCUT2D eigenvalue weighted by Crippen LogP contribution is 2.26. The van der Waals surface area contributed by atoms with Crippen LogP contribution in [-0.4, -0.2) is 24.4 Å². The molecule has 5 nitrogen and oxygen atoms in total. The predicted molar refractivity (Wildman–Crippen MR) is 78.0 cm³/mol. The van der Waals surface area contributed by atoms with E-state index in [1.807, 2.05) is 18.2 Å². The number of nitrogens with one attached hydrogen (secondary N) is 2. The lowest BCUT2D eigenvalue weighted by Crippen LogP contribution is -2.36. The Balaban J connectivity index is 1.69. The number of hydrogen-bond donors (Lipinski definition) is 3. The first-order chi connectivity index (χ1) is 9.65. The minimum atomic E-state index is -0.222. The summed E-state index contributed by atoms with van der Waals surface area (Å²) >= 11 is 0. The zero-order chi connectivity index (χ0) is 14.4. The van der Waals surface area contributed by atoms with Crippen LogP contribution in [0.1, 0.15) is 25.7 Å². The molecule has 0 bridgehead atoms. The van der Waals surface area contributed by atoms with Crippen LogP contribution in [0.25, 0.3) is 0 Å². The molecule has 1 saturated carbocycles. The average molecular weight is 275 g/mol. The van der Waals surface area contributed by atoms with Crippen molar-refractivity contribution < 1.29 is 9.59 Å². The molecule has 2 atom stereocenters. The third kappa shape index (κ3) is 4.35. The second-order valence-electron chi connectivity index (χ2n) is 5.25. The molecule has 1 fully saturated rings. The Morgan fingerprint density at radius 3 is 2.55 bits per heavy atom. The molecule has 0 radical (unpaired) electrons. The molecule has 0 heterocycles. The van der Waals surface area contributed by atoms with Crippen molar-refractivity contribution in [2.75, 3.05) is 11.9 Å². The standard InChI is InChI=1S/C15H21N3O2/c16-13-8-4-5-11(13)9-14(19)17-10-15(20)18-12-6-2-1-3-7-12/h1-3,6-7,11,13H,4-5,8-10,16H2,(H,17,19)(H,18,20)/t11-,13+/m0/s1. The van der Waals surface area contributed by atoms with Crippen LogP contribution in [0.15, 0.2) is 30.3 Å². The Kier molecular flexibility index (Phi) is 5.12. The fourth-order valence-electron chi connectivity index (χ4n) is 2.53. The van der Waals surface area contributed by atoms with Crippen LogP contribution in [0.5, 0.6) is 0 Å². The Labute approximate surface area is 118 Å². The summed E-state index contributed by atoms with van der Waals surface area (Å²) < 4.78 is 0. The normalized spacial score (nSPS) is 21.4. The molecule has 0 spiro atoms. The number of amides is 2. The lowest BCUT2D eigenvalue weighted by Gasteiger charge is -2.14. The van der Waals surface area contributed by atoms with Crippen LogP contribution in [-0.2, 0) is 9.59 Å². The van der Waals surface area contributed by atoms with Crippen molar-refractivity contribution in [3.63, 3.8) is 0 Å². The van der Waals surface area contributed by atoms with Gasteiger partial charge in [0.2, 0.25) is 11.8 Å². The molecule has 1 aliphatic carbocycles.